The van der Waals surface area contributed by atoms with Gasteiger partial charge in [-0.25, -0.2) is 0 Å². The van der Waals surface area contributed by atoms with Crippen LogP contribution in [-0.2, 0) is 0 Å². The molecule has 0 aliphatic heterocycles. The Morgan fingerprint density at radius 1 is 1.31 bits per heavy atom. The first-order chi connectivity index (χ1) is 7.72. The molecule has 0 heterocycles. The van der Waals surface area contributed by atoms with Gasteiger partial charge in [-0.1, -0.05) is 6.08 Å². The molecular weight excluding hydrogens is 204 g/mol. The van der Waals surface area contributed by atoms with Crippen LogP contribution in [0.1, 0.15) is 23.2 Å². The number of ketones is 1. The molecule has 0 saturated heterocycles. The van der Waals surface area contributed by atoms with Crippen LogP contribution in [0.25, 0.3) is 0 Å². The minimum atomic E-state index is 0.0841. The van der Waals surface area contributed by atoms with Crippen molar-refractivity contribution in [2.75, 3.05) is 14.2 Å². The van der Waals surface area contributed by atoms with Crippen molar-refractivity contribution >= 4 is 5.78 Å². The number of rotatable bonds is 6. The van der Waals surface area contributed by atoms with E-state index in [9.17, 15) is 4.79 Å². The van der Waals surface area contributed by atoms with Gasteiger partial charge in [0.2, 0.25) is 0 Å². The van der Waals surface area contributed by atoms with E-state index >= 15 is 0 Å². The maximum absolute atomic E-state index is 11.7. The summed E-state index contributed by atoms with van der Waals surface area (Å²) >= 11 is 0. The van der Waals surface area contributed by atoms with Crippen LogP contribution in [0.3, 0.4) is 0 Å². The Labute approximate surface area is 95.7 Å². The third-order valence-electron chi connectivity index (χ3n) is 2.28. The number of ether oxygens (including phenoxy) is 2. The quantitative estimate of drug-likeness (QED) is 0.546. The molecule has 0 saturated carbocycles. The summed E-state index contributed by atoms with van der Waals surface area (Å²) in [6, 6.07) is 5.18. The van der Waals surface area contributed by atoms with E-state index in [2.05, 4.69) is 6.58 Å². The molecule has 0 N–H and O–H groups in total. The number of Topliss-reactive ketones (excluding diaryl/α,β-unsaturated/α-hetero) is 1. The zero-order valence-corrected chi connectivity index (χ0v) is 9.66. The molecule has 0 amide bonds. The van der Waals surface area contributed by atoms with Crippen LogP contribution in [0.2, 0.25) is 0 Å². The van der Waals surface area contributed by atoms with Gasteiger partial charge in [-0.15, -0.1) is 6.58 Å². The van der Waals surface area contributed by atoms with Gasteiger partial charge in [-0.05, 0) is 24.6 Å². The summed E-state index contributed by atoms with van der Waals surface area (Å²) in [7, 11) is 3.12. The summed E-state index contributed by atoms with van der Waals surface area (Å²) < 4.78 is 10.2. The average molecular weight is 220 g/mol. The third kappa shape index (κ3) is 2.86. The average Bonchev–Trinajstić information content (AvgIpc) is 2.34. The minimum Gasteiger partial charge on any atom is -0.493 e. The second kappa shape index (κ2) is 5.95. The van der Waals surface area contributed by atoms with Gasteiger partial charge in [0, 0.05) is 12.0 Å². The fourth-order valence-electron chi connectivity index (χ4n) is 1.39. The summed E-state index contributed by atoms with van der Waals surface area (Å²) in [5, 5.41) is 0. The van der Waals surface area contributed by atoms with Crippen LogP contribution in [0.15, 0.2) is 30.9 Å². The zero-order chi connectivity index (χ0) is 12.0. The lowest BCUT2D eigenvalue weighted by Crippen LogP contribution is -2.00. The molecule has 0 spiro atoms. The van der Waals surface area contributed by atoms with E-state index in [1.54, 1.807) is 38.5 Å². The molecular formula is C13H16O3. The highest BCUT2D eigenvalue weighted by Gasteiger charge is 2.09. The standard InChI is InChI=1S/C13H16O3/c1-4-5-6-11(14)10-7-8-12(15-2)13(9-10)16-3/h4,7-9H,1,5-6H2,2-3H3. The molecule has 0 atom stereocenters. The molecule has 0 aliphatic carbocycles. The Hall–Kier alpha value is -1.77. The Bertz CT molecular complexity index is 383. The third-order valence-corrected chi connectivity index (χ3v) is 2.28. The van der Waals surface area contributed by atoms with Gasteiger partial charge in [0.05, 0.1) is 14.2 Å². The van der Waals surface area contributed by atoms with Crippen LogP contribution in [0, 0.1) is 0 Å². The molecule has 0 aromatic heterocycles. The molecule has 1 aromatic rings. The number of hydrogen-bond donors (Lipinski definition) is 0. The minimum absolute atomic E-state index is 0.0841. The molecule has 0 bridgehead atoms. The van der Waals surface area contributed by atoms with Crippen LogP contribution in [0.4, 0.5) is 0 Å². The number of carbonyl (C=O) groups is 1. The number of benzene rings is 1. The molecule has 0 aliphatic rings. The van der Waals surface area contributed by atoms with Crippen molar-refractivity contribution < 1.29 is 14.3 Å². The summed E-state index contributed by atoms with van der Waals surface area (Å²) in [6.07, 6.45) is 2.89. The molecule has 86 valence electrons. The van der Waals surface area contributed by atoms with Crippen LogP contribution < -0.4 is 9.47 Å². The molecule has 0 radical (unpaired) electrons. The molecule has 0 fully saturated rings. The monoisotopic (exact) mass is 220 g/mol. The first-order valence-electron chi connectivity index (χ1n) is 5.09. The van der Waals surface area contributed by atoms with E-state index in [1.807, 2.05) is 0 Å². The smallest absolute Gasteiger partial charge is 0.163 e. The van der Waals surface area contributed by atoms with Crippen LogP contribution in [0.5, 0.6) is 11.5 Å². The summed E-state index contributed by atoms with van der Waals surface area (Å²) in [6.45, 7) is 3.59. The van der Waals surface area contributed by atoms with Crippen molar-refractivity contribution in [3.8, 4) is 11.5 Å². The number of allylic oxidation sites excluding steroid dienone is 1. The Morgan fingerprint density at radius 3 is 2.56 bits per heavy atom. The van der Waals surface area contributed by atoms with E-state index in [-0.39, 0.29) is 5.78 Å². The summed E-state index contributed by atoms with van der Waals surface area (Å²) in [5.41, 5.74) is 0.638. The number of methoxy groups -OCH3 is 2. The SMILES string of the molecule is C=CCCC(=O)c1ccc(OC)c(OC)c1. The van der Waals surface area contributed by atoms with Gasteiger partial charge in [-0.2, -0.15) is 0 Å². The van der Waals surface area contributed by atoms with Crippen molar-refractivity contribution in [1.82, 2.24) is 0 Å². The Balaban J connectivity index is 2.89. The molecule has 1 aromatic carbocycles. The predicted molar refractivity (Wildman–Crippen MR) is 63.3 cm³/mol. The Kier molecular flexibility index (Phi) is 4.58. The van der Waals surface area contributed by atoms with Gasteiger partial charge >= 0.3 is 0 Å². The maximum atomic E-state index is 11.7. The molecule has 0 unspecified atom stereocenters. The maximum Gasteiger partial charge on any atom is 0.163 e. The second-order valence-corrected chi connectivity index (χ2v) is 3.32. The van der Waals surface area contributed by atoms with Crippen molar-refractivity contribution in [2.24, 2.45) is 0 Å². The first kappa shape index (κ1) is 12.3. The van der Waals surface area contributed by atoms with E-state index in [4.69, 9.17) is 9.47 Å². The van der Waals surface area contributed by atoms with Crippen molar-refractivity contribution in [1.29, 1.82) is 0 Å². The lowest BCUT2D eigenvalue weighted by atomic mass is 10.1. The lowest BCUT2D eigenvalue weighted by Gasteiger charge is -2.08. The highest BCUT2D eigenvalue weighted by atomic mass is 16.5. The van der Waals surface area contributed by atoms with Crippen molar-refractivity contribution in [3.05, 3.63) is 36.4 Å². The van der Waals surface area contributed by atoms with E-state index in [0.29, 0.717) is 29.9 Å². The number of carbonyl (C=O) groups excluding carboxylic acids is 1. The van der Waals surface area contributed by atoms with Gasteiger partial charge in [0.15, 0.2) is 17.3 Å². The van der Waals surface area contributed by atoms with Crippen molar-refractivity contribution in [3.63, 3.8) is 0 Å². The molecule has 1 rings (SSSR count). The molecule has 3 heteroatoms. The van der Waals surface area contributed by atoms with Gasteiger partial charge in [0.25, 0.3) is 0 Å². The van der Waals surface area contributed by atoms with Gasteiger partial charge in [-0.3, -0.25) is 4.79 Å². The summed E-state index contributed by atoms with van der Waals surface area (Å²) in [4.78, 5) is 11.7. The summed E-state index contributed by atoms with van der Waals surface area (Å²) in [5.74, 6) is 1.29. The van der Waals surface area contributed by atoms with Gasteiger partial charge < -0.3 is 9.47 Å². The largest absolute Gasteiger partial charge is 0.493 e. The predicted octanol–water partition coefficient (Wildman–Crippen LogP) is 2.85. The normalized spacial score (nSPS) is 9.62. The fraction of sp³-hybridized carbons (Fsp3) is 0.308. The zero-order valence-electron chi connectivity index (χ0n) is 9.66. The molecule has 3 nitrogen and oxygen atoms in total. The second-order valence-electron chi connectivity index (χ2n) is 3.32. The Morgan fingerprint density at radius 2 is 2.00 bits per heavy atom. The first-order valence-corrected chi connectivity index (χ1v) is 5.09. The van der Waals surface area contributed by atoms with Crippen LogP contribution >= 0.6 is 0 Å². The number of hydrogen-bond acceptors (Lipinski definition) is 3. The van der Waals surface area contributed by atoms with Gasteiger partial charge in [0.1, 0.15) is 0 Å². The van der Waals surface area contributed by atoms with E-state index < -0.39 is 0 Å². The van der Waals surface area contributed by atoms with Crippen LogP contribution in [-0.4, -0.2) is 20.0 Å². The van der Waals surface area contributed by atoms with E-state index in [0.717, 1.165) is 0 Å². The fourth-order valence-corrected chi connectivity index (χ4v) is 1.39. The highest BCUT2D eigenvalue weighted by Crippen LogP contribution is 2.28. The molecule has 16 heavy (non-hydrogen) atoms. The highest BCUT2D eigenvalue weighted by molar-refractivity contribution is 5.96. The lowest BCUT2D eigenvalue weighted by molar-refractivity contribution is 0.0983. The van der Waals surface area contributed by atoms with E-state index in [1.165, 1.54) is 0 Å². The van der Waals surface area contributed by atoms with Crippen molar-refractivity contribution in [2.45, 2.75) is 12.8 Å². The topological polar surface area (TPSA) is 35.5 Å².